The number of rotatable bonds is 4. The molecule has 2 rings (SSSR count). The molecule has 0 saturated carbocycles. The predicted molar refractivity (Wildman–Crippen MR) is 76.3 cm³/mol. The van der Waals surface area contributed by atoms with E-state index < -0.39 is 10.0 Å². The number of aryl methyl sites for hydroxylation is 1. The molecule has 7 nitrogen and oxygen atoms in total. The minimum Gasteiger partial charge on any atom is -0.397 e. The zero-order valence-corrected chi connectivity index (χ0v) is 11.7. The summed E-state index contributed by atoms with van der Waals surface area (Å²) in [6, 6.07) is 4.28. The van der Waals surface area contributed by atoms with Gasteiger partial charge in [0, 0.05) is 6.20 Å². The van der Waals surface area contributed by atoms with Gasteiger partial charge in [-0.2, -0.15) is 0 Å². The number of nitrogens with one attached hydrogen (secondary N) is 1. The van der Waals surface area contributed by atoms with Gasteiger partial charge in [-0.3, -0.25) is 9.97 Å². The van der Waals surface area contributed by atoms with E-state index in [1.165, 1.54) is 12.1 Å². The summed E-state index contributed by atoms with van der Waals surface area (Å²) in [4.78, 5) is 8.31. The van der Waals surface area contributed by atoms with Crippen LogP contribution in [-0.2, 0) is 16.6 Å². The third-order valence-electron chi connectivity index (χ3n) is 2.65. The largest absolute Gasteiger partial charge is 0.397 e. The number of anilines is 2. The summed E-state index contributed by atoms with van der Waals surface area (Å²) in [5.41, 5.74) is 8.29. The Morgan fingerprint density at radius 1 is 1.25 bits per heavy atom. The molecule has 0 fully saturated rings. The highest BCUT2D eigenvalue weighted by Crippen LogP contribution is 2.22. The maximum atomic E-state index is 11.2. The first-order valence-corrected chi connectivity index (χ1v) is 7.34. The van der Waals surface area contributed by atoms with Gasteiger partial charge in [0.05, 0.1) is 40.4 Å². The molecule has 0 aliphatic heterocycles. The average Bonchev–Trinajstić information content (AvgIpc) is 2.38. The van der Waals surface area contributed by atoms with Crippen molar-refractivity contribution >= 4 is 21.4 Å². The summed E-state index contributed by atoms with van der Waals surface area (Å²) in [6.45, 7) is 2.29. The lowest BCUT2D eigenvalue weighted by Crippen LogP contribution is -2.13. The minimum absolute atomic E-state index is 0.0179. The van der Waals surface area contributed by atoms with E-state index in [2.05, 4.69) is 15.3 Å². The Labute approximate surface area is 117 Å². The number of benzene rings is 1. The normalized spacial score (nSPS) is 11.3. The SMILES string of the molecule is Cc1cnc(CNc2ccc(S(N)(=O)=O)cc2N)cn1. The molecule has 0 amide bonds. The van der Waals surface area contributed by atoms with Crippen molar-refractivity contribution in [3.63, 3.8) is 0 Å². The Kier molecular flexibility index (Phi) is 3.86. The van der Waals surface area contributed by atoms with E-state index in [9.17, 15) is 8.42 Å². The quantitative estimate of drug-likeness (QED) is 0.710. The monoisotopic (exact) mass is 293 g/mol. The zero-order valence-electron chi connectivity index (χ0n) is 10.9. The van der Waals surface area contributed by atoms with Crippen LogP contribution in [0.3, 0.4) is 0 Å². The lowest BCUT2D eigenvalue weighted by atomic mass is 10.2. The Hall–Kier alpha value is -2.19. The van der Waals surface area contributed by atoms with E-state index in [4.69, 9.17) is 10.9 Å². The first kappa shape index (κ1) is 14.2. The van der Waals surface area contributed by atoms with Gasteiger partial charge in [0.1, 0.15) is 0 Å². The highest BCUT2D eigenvalue weighted by molar-refractivity contribution is 7.89. The molecule has 20 heavy (non-hydrogen) atoms. The van der Waals surface area contributed by atoms with Crippen molar-refractivity contribution in [2.24, 2.45) is 5.14 Å². The number of hydrogen-bond donors (Lipinski definition) is 3. The summed E-state index contributed by atoms with van der Waals surface area (Å²) in [5.74, 6) is 0. The molecule has 0 atom stereocenters. The van der Waals surface area contributed by atoms with Crippen LogP contribution in [0.1, 0.15) is 11.4 Å². The second kappa shape index (κ2) is 5.43. The van der Waals surface area contributed by atoms with Gasteiger partial charge in [0.25, 0.3) is 0 Å². The van der Waals surface area contributed by atoms with Crippen LogP contribution in [0.15, 0.2) is 35.5 Å². The van der Waals surface area contributed by atoms with E-state index in [-0.39, 0.29) is 4.90 Å². The molecule has 0 saturated heterocycles. The van der Waals surface area contributed by atoms with Gasteiger partial charge < -0.3 is 11.1 Å². The van der Waals surface area contributed by atoms with E-state index >= 15 is 0 Å². The van der Waals surface area contributed by atoms with E-state index in [1.807, 2.05) is 6.92 Å². The molecular formula is C12H15N5O2S. The molecule has 1 aromatic heterocycles. The first-order valence-electron chi connectivity index (χ1n) is 5.80. The van der Waals surface area contributed by atoms with Crippen LogP contribution in [0.5, 0.6) is 0 Å². The molecular weight excluding hydrogens is 278 g/mol. The molecule has 0 radical (unpaired) electrons. The number of primary sulfonamides is 1. The molecule has 1 heterocycles. The molecule has 2 aromatic rings. The van der Waals surface area contributed by atoms with Crippen LogP contribution >= 0.6 is 0 Å². The van der Waals surface area contributed by atoms with Crippen LogP contribution in [-0.4, -0.2) is 18.4 Å². The van der Waals surface area contributed by atoms with Crippen LogP contribution in [0.25, 0.3) is 0 Å². The molecule has 0 bridgehead atoms. The minimum atomic E-state index is -3.74. The van der Waals surface area contributed by atoms with Crippen LogP contribution in [0, 0.1) is 6.92 Å². The van der Waals surface area contributed by atoms with Crippen molar-refractivity contribution in [2.45, 2.75) is 18.4 Å². The third kappa shape index (κ3) is 3.43. The third-order valence-corrected chi connectivity index (χ3v) is 3.56. The van der Waals surface area contributed by atoms with Gasteiger partial charge in [0.2, 0.25) is 10.0 Å². The van der Waals surface area contributed by atoms with Crippen LogP contribution in [0.2, 0.25) is 0 Å². The van der Waals surface area contributed by atoms with Crippen molar-refractivity contribution in [3.8, 4) is 0 Å². The van der Waals surface area contributed by atoms with Gasteiger partial charge in [-0.05, 0) is 25.1 Å². The Morgan fingerprint density at radius 3 is 2.55 bits per heavy atom. The smallest absolute Gasteiger partial charge is 0.238 e. The Morgan fingerprint density at radius 2 is 2.00 bits per heavy atom. The van der Waals surface area contributed by atoms with Crippen LogP contribution in [0.4, 0.5) is 11.4 Å². The fraction of sp³-hybridized carbons (Fsp3) is 0.167. The number of nitrogen functional groups attached to an aromatic ring is 1. The number of hydrogen-bond acceptors (Lipinski definition) is 6. The molecule has 0 unspecified atom stereocenters. The lowest BCUT2D eigenvalue weighted by Gasteiger charge is -2.10. The van der Waals surface area contributed by atoms with E-state index in [1.54, 1.807) is 18.5 Å². The van der Waals surface area contributed by atoms with E-state index in [0.717, 1.165) is 11.4 Å². The molecule has 106 valence electrons. The summed E-state index contributed by atoms with van der Waals surface area (Å²) >= 11 is 0. The first-order chi connectivity index (χ1) is 9.36. The van der Waals surface area contributed by atoms with E-state index in [0.29, 0.717) is 17.9 Å². The molecule has 5 N–H and O–H groups in total. The number of nitrogens with two attached hydrogens (primary N) is 2. The topological polar surface area (TPSA) is 124 Å². The van der Waals surface area contributed by atoms with Gasteiger partial charge in [0.15, 0.2) is 0 Å². The summed E-state index contributed by atoms with van der Waals surface area (Å²) in [7, 11) is -3.74. The van der Waals surface area contributed by atoms with Gasteiger partial charge in [-0.25, -0.2) is 13.6 Å². The highest BCUT2D eigenvalue weighted by Gasteiger charge is 2.09. The van der Waals surface area contributed by atoms with Crippen molar-refractivity contribution in [2.75, 3.05) is 11.1 Å². The highest BCUT2D eigenvalue weighted by atomic mass is 32.2. The Balaban J connectivity index is 2.12. The standard InChI is InChI=1S/C12H15N5O2S/c1-8-5-16-9(6-15-8)7-17-12-3-2-10(4-11(12)13)20(14,18)19/h2-6,17H,7,13H2,1H3,(H2,14,18,19). The van der Waals surface area contributed by atoms with Gasteiger partial charge in [-0.1, -0.05) is 0 Å². The molecule has 0 aliphatic carbocycles. The van der Waals surface area contributed by atoms with Crippen molar-refractivity contribution < 1.29 is 8.42 Å². The summed E-state index contributed by atoms with van der Waals surface area (Å²) < 4.78 is 22.4. The lowest BCUT2D eigenvalue weighted by molar-refractivity contribution is 0.598. The number of aromatic nitrogens is 2. The van der Waals surface area contributed by atoms with Gasteiger partial charge >= 0.3 is 0 Å². The molecule has 0 aliphatic rings. The van der Waals surface area contributed by atoms with Crippen LogP contribution < -0.4 is 16.2 Å². The number of nitrogens with zero attached hydrogens (tertiary/aromatic N) is 2. The van der Waals surface area contributed by atoms with Crippen molar-refractivity contribution in [3.05, 3.63) is 42.0 Å². The fourth-order valence-electron chi connectivity index (χ4n) is 1.58. The summed E-state index contributed by atoms with van der Waals surface area (Å²) in [5, 5.41) is 8.10. The van der Waals surface area contributed by atoms with Gasteiger partial charge in [-0.15, -0.1) is 0 Å². The molecule has 8 heteroatoms. The summed E-state index contributed by atoms with van der Waals surface area (Å²) in [6.07, 6.45) is 3.34. The molecule has 0 spiro atoms. The molecule has 1 aromatic carbocycles. The Bertz CT molecular complexity index is 713. The van der Waals surface area contributed by atoms with Crippen molar-refractivity contribution in [1.29, 1.82) is 0 Å². The maximum absolute atomic E-state index is 11.2. The second-order valence-electron chi connectivity index (χ2n) is 4.30. The average molecular weight is 293 g/mol. The predicted octanol–water partition coefficient (Wildman–Crippen LogP) is 0.627. The number of sulfonamides is 1. The zero-order chi connectivity index (χ0) is 14.8. The fourth-order valence-corrected chi connectivity index (χ4v) is 2.12. The van der Waals surface area contributed by atoms with Crippen molar-refractivity contribution in [1.82, 2.24) is 9.97 Å². The second-order valence-corrected chi connectivity index (χ2v) is 5.86. The maximum Gasteiger partial charge on any atom is 0.238 e.